The van der Waals surface area contributed by atoms with Crippen LogP contribution in [0.5, 0.6) is 0 Å². The van der Waals surface area contributed by atoms with E-state index in [1.165, 1.54) is 12.8 Å². The summed E-state index contributed by atoms with van der Waals surface area (Å²) in [5.74, 6) is 0.236. The van der Waals surface area contributed by atoms with Gasteiger partial charge in [0.25, 0.3) is 0 Å². The molecule has 0 radical (unpaired) electrons. The van der Waals surface area contributed by atoms with Crippen LogP contribution in [0.25, 0.3) is 0 Å². The minimum Gasteiger partial charge on any atom is -0.392 e. The van der Waals surface area contributed by atoms with Gasteiger partial charge in [0.05, 0.1) is 6.10 Å². The highest BCUT2D eigenvalue weighted by molar-refractivity contribution is 5.83. The Balaban J connectivity index is 1.68. The molecule has 2 aliphatic rings. The number of hydrogen-bond donors (Lipinski definition) is 1. The van der Waals surface area contributed by atoms with Crippen molar-refractivity contribution in [1.82, 2.24) is 14.7 Å². The molecular formula is C19H29N3O2. The van der Waals surface area contributed by atoms with Gasteiger partial charge in [0, 0.05) is 32.7 Å². The van der Waals surface area contributed by atoms with Crippen LogP contribution in [0.2, 0.25) is 0 Å². The van der Waals surface area contributed by atoms with Crippen LogP contribution in [-0.4, -0.2) is 77.6 Å². The normalized spacial score (nSPS) is 22.5. The van der Waals surface area contributed by atoms with Crippen molar-refractivity contribution in [2.75, 3.05) is 45.8 Å². The maximum Gasteiger partial charge on any atom is 0.244 e. The van der Waals surface area contributed by atoms with E-state index in [2.05, 4.69) is 21.9 Å². The highest BCUT2D eigenvalue weighted by atomic mass is 16.3. The van der Waals surface area contributed by atoms with Crippen molar-refractivity contribution in [2.45, 2.75) is 31.9 Å². The van der Waals surface area contributed by atoms with E-state index in [0.717, 1.165) is 44.8 Å². The number of nitrogens with zero attached hydrogens (tertiary/aromatic N) is 3. The topological polar surface area (TPSA) is 47.0 Å². The summed E-state index contributed by atoms with van der Waals surface area (Å²) in [6.07, 6.45) is 2.05. The molecule has 0 bridgehead atoms. The highest BCUT2D eigenvalue weighted by Gasteiger charge is 2.34. The van der Waals surface area contributed by atoms with Gasteiger partial charge in [0.15, 0.2) is 0 Å². The van der Waals surface area contributed by atoms with Crippen molar-refractivity contribution in [2.24, 2.45) is 0 Å². The molecule has 0 saturated carbocycles. The van der Waals surface area contributed by atoms with Crippen LogP contribution in [-0.2, 0) is 4.79 Å². The zero-order chi connectivity index (χ0) is 16.9. The lowest BCUT2D eigenvalue weighted by atomic mass is 10.0. The van der Waals surface area contributed by atoms with Crippen LogP contribution in [0.1, 0.15) is 31.4 Å². The van der Waals surface area contributed by atoms with E-state index in [0.29, 0.717) is 6.54 Å². The fourth-order valence-corrected chi connectivity index (χ4v) is 3.84. The van der Waals surface area contributed by atoms with Crippen molar-refractivity contribution in [3.63, 3.8) is 0 Å². The largest absolute Gasteiger partial charge is 0.392 e. The summed E-state index contributed by atoms with van der Waals surface area (Å²) >= 11 is 0. The summed E-state index contributed by atoms with van der Waals surface area (Å²) < 4.78 is 0. The van der Waals surface area contributed by atoms with Crippen LogP contribution in [0.3, 0.4) is 0 Å². The summed E-state index contributed by atoms with van der Waals surface area (Å²) in [4.78, 5) is 19.8. The Bertz CT molecular complexity index is 521. The number of piperazine rings is 1. The molecule has 1 amide bonds. The average Bonchev–Trinajstić information content (AvgIpc) is 3.10. The molecule has 2 fully saturated rings. The van der Waals surface area contributed by atoms with E-state index < -0.39 is 0 Å². The number of carbonyl (C=O) groups is 1. The van der Waals surface area contributed by atoms with Crippen LogP contribution in [0, 0.1) is 0 Å². The van der Waals surface area contributed by atoms with Crippen LogP contribution in [0.15, 0.2) is 30.3 Å². The van der Waals surface area contributed by atoms with Crippen molar-refractivity contribution in [3.05, 3.63) is 35.9 Å². The van der Waals surface area contributed by atoms with Gasteiger partial charge in [0.2, 0.25) is 5.91 Å². The number of rotatable bonds is 5. The summed E-state index contributed by atoms with van der Waals surface area (Å²) in [6, 6.07) is 10.1. The minimum absolute atomic E-state index is 0.142. The third-order valence-electron chi connectivity index (χ3n) is 5.06. The highest BCUT2D eigenvalue weighted by Crippen LogP contribution is 2.27. The molecule has 0 aromatic heterocycles. The Hall–Kier alpha value is -1.43. The molecule has 2 saturated heterocycles. The van der Waals surface area contributed by atoms with E-state index in [-0.39, 0.29) is 18.1 Å². The molecule has 2 unspecified atom stereocenters. The molecule has 5 nitrogen and oxygen atoms in total. The summed E-state index contributed by atoms with van der Waals surface area (Å²) in [5, 5.41) is 9.53. The van der Waals surface area contributed by atoms with Crippen molar-refractivity contribution >= 4 is 5.91 Å². The second kappa shape index (κ2) is 8.10. The number of aliphatic hydroxyl groups is 1. The van der Waals surface area contributed by atoms with Crippen LogP contribution >= 0.6 is 0 Å². The minimum atomic E-state index is -0.311. The Labute approximate surface area is 144 Å². The number of carbonyl (C=O) groups excluding carboxylic acids is 1. The molecule has 0 spiro atoms. The third-order valence-corrected chi connectivity index (χ3v) is 5.06. The molecule has 3 rings (SSSR count). The Kier molecular flexibility index (Phi) is 5.87. The van der Waals surface area contributed by atoms with E-state index in [4.69, 9.17) is 0 Å². The van der Waals surface area contributed by atoms with Gasteiger partial charge in [-0.05, 0) is 38.4 Å². The van der Waals surface area contributed by atoms with E-state index >= 15 is 0 Å². The van der Waals surface area contributed by atoms with Gasteiger partial charge in [-0.15, -0.1) is 0 Å². The van der Waals surface area contributed by atoms with Crippen LogP contribution in [0.4, 0.5) is 0 Å². The lowest BCUT2D eigenvalue weighted by molar-refractivity contribution is -0.138. The molecule has 2 atom stereocenters. The number of β-amino-alcohol motifs (C(OH)–C–C–N with tert-alkyl or cyclic N) is 1. The van der Waals surface area contributed by atoms with Gasteiger partial charge in [-0.2, -0.15) is 0 Å². The molecule has 1 N–H and O–H groups in total. The van der Waals surface area contributed by atoms with E-state index in [9.17, 15) is 9.90 Å². The molecule has 1 aromatic carbocycles. The summed E-state index contributed by atoms with van der Waals surface area (Å²) in [5.41, 5.74) is 1.11. The van der Waals surface area contributed by atoms with Crippen molar-refractivity contribution < 1.29 is 9.90 Å². The quantitative estimate of drug-likeness (QED) is 0.885. The Morgan fingerprint density at radius 1 is 1.04 bits per heavy atom. The van der Waals surface area contributed by atoms with Gasteiger partial charge in [-0.25, -0.2) is 0 Å². The lowest BCUT2D eigenvalue weighted by Crippen LogP contribution is -2.52. The predicted molar refractivity (Wildman–Crippen MR) is 94.7 cm³/mol. The SMILES string of the molecule is CC(O)CN1CCN(C(=O)C(c2ccccc2)N2CCCC2)CC1. The summed E-state index contributed by atoms with van der Waals surface area (Å²) in [7, 11) is 0. The molecule has 2 aliphatic heterocycles. The molecule has 1 aromatic rings. The lowest BCUT2D eigenvalue weighted by Gasteiger charge is -2.38. The first kappa shape index (κ1) is 17.4. The Morgan fingerprint density at radius 3 is 2.25 bits per heavy atom. The molecular weight excluding hydrogens is 302 g/mol. The monoisotopic (exact) mass is 331 g/mol. The number of amides is 1. The standard InChI is InChI=1S/C19H29N3O2/c1-16(23)15-20-11-13-22(14-12-20)19(24)18(21-9-5-6-10-21)17-7-3-2-4-8-17/h2-4,7-8,16,18,23H,5-6,9-15H2,1H3. The first-order valence-corrected chi connectivity index (χ1v) is 9.13. The third kappa shape index (κ3) is 4.15. The first-order chi connectivity index (χ1) is 11.6. The summed E-state index contributed by atoms with van der Waals surface area (Å²) in [6.45, 7) is 7.72. The maximum absolute atomic E-state index is 13.2. The van der Waals surface area contributed by atoms with Gasteiger partial charge in [0.1, 0.15) is 6.04 Å². The van der Waals surface area contributed by atoms with Gasteiger partial charge in [-0.1, -0.05) is 30.3 Å². The second-order valence-electron chi connectivity index (χ2n) is 7.03. The van der Waals surface area contributed by atoms with Gasteiger partial charge >= 0.3 is 0 Å². The zero-order valence-corrected chi connectivity index (χ0v) is 14.6. The van der Waals surface area contributed by atoms with Crippen molar-refractivity contribution in [3.8, 4) is 0 Å². The Morgan fingerprint density at radius 2 is 1.67 bits per heavy atom. The van der Waals surface area contributed by atoms with Crippen molar-refractivity contribution in [1.29, 1.82) is 0 Å². The fraction of sp³-hybridized carbons (Fsp3) is 0.632. The van der Waals surface area contributed by atoms with Gasteiger partial charge < -0.3 is 10.0 Å². The molecule has 5 heteroatoms. The molecule has 24 heavy (non-hydrogen) atoms. The zero-order valence-electron chi connectivity index (χ0n) is 14.6. The van der Waals surface area contributed by atoms with Gasteiger partial charge in [-0.3, -0.25) is 14.6 Å². The fourth-order valence-electron chi connectivity index (χ4n) is 3.84. The first-order valence-electron chi connectivity index (χ1n) is 9.13. The number of aliphatic hydroxyl groups excluding tert-OH is 1. The number of benzene rings is 1. The second-order valence-corrected chi connectivity index (χ2v) is 7.03. The van der Waals surface area contributed by atoms with E-state index in [1.54, 1.807) is 0 Å². The van der Waals surface area contributed by atoms with E-state index in [1.807, 2.05) is 30.0 Å². The predicted octanol–water partition coefficient (Wildman–Crippen LogP) is 1.35. The molecule has 2 heterocycles. The van der Waals surface area contributed by atoms with Crippen LogP contribution < -0.4 is 0 Å². The molecule has 0 aliphatic carbocycles. The molecule has 132 valence electrons. The average molecular weight is 331 g/mol. The number of likely N-dealkylation sites (tertiary alicyclic amines) is 1. The smallest absolute Gasteiger partial charge is 0.244 e. The maximum atomic E-state index is 13.2. The number of hydrogen-bond acceptors (Lipinski definition) is 4.